The van der Waals surface area contributed by atoms with E-state index in [1.807, 2.05) is 6.07 Å². The van der Waals surface area contributed by atoms with Gasteiger partial charge < -0.3 is 10.2 Å². The Hall–Kier alpha value is -0.730. The molecule has 1 N–H and O–H groups in total. The van der Waals surface area contributed by atoms with Crippen molar-refractivity contribution in [2.24, 2.45) is 5.92 Å². The topological polar surface area (TPSA) is 15.3 Å². The summed E-state index contributed by atoms with van der Waals surface area (Å²) >= 11 is 6.19. The largest absolute Gasteiger partial charge is 0.374 e. The number of hydrogen-bond donors (Lipinski definition) is 1. The number of anilines is 1. The van der Waals surface area contributed by atoms with E-state index >= 15 is 0 Å². The van der Waals surface area contributed by atoms with E-state index in [0.29, 0.717) is 0 Å². The van der Waals surface area contributed by atoms with Crippen LogP contribution in [-0.4, -0.2) is 20.1 Å². The summed E-state index contributed by atoms with van der Waals surface area (Å²) in [6.07, 6.45) is 6.74. The summed E-state index contributed by atoms with van der Waals surface area (Å²) in [5.74, 6) is 0.857. The molecular weight excluding hydrogens is 268 g/mol. The molecule has 112 valence electrons. The van der Waals surface area contributed by atoms with Crippen LogP contribution in [0.4, 0.5) is 5.69 Å². The molecule has 0 bridgehead atoms. The summed E-state index contributed by atoms with van der Waals surface area (Å²) < 4.78 is 0. The monoisotopic (exact) mass is 294 g/mol. The quantitative estimate of drug-likeness (QED) is 0.747. The Labute approximate surface area is 128 Å². The highest BCUT2D eigenvalue weighted by atomic mass is 35.5. The van der Waals surface area contributed by atoms with Crippen molar-refractivity contribution in [1.29, 1.82) is 0 Å². The molecule has 1 aromatic rings. The Kier molecular flexibility index (Phi) is 6.18. The Balaban J connectivity index is 2.04. The molecule has 0 aliphatic heterocycles. The molecule has 1 aliphatic rings. The number of halogens is 1. The van der Waals surface area contributed by atoms with E-state index < -0.39 is 0 Å². The van der Waals surface area contributed by atoms with E-state index in [-0.39, 0.29) is 0 Å². The highest BCUT2D eigenvalue weighted by Crippen LogP contribution is 2.29. The summed E-state index contributed by atoms with van der Waals surface area (Å²) in [5.41, 5.74) is 2.64. The van der Waals surface area contributed by atoms with Crippen molar-refractivity contribution in [3.8, 4) is 0 Å². The van der Waals surface area contributed by atoms with Crippen molar-refractivity contribution < 1.29 is 0 Å². The molecule has 0 radical (unpaired) electrons. The highest BCUT2D eigenvalue weighted by Gasteiger charge is 2.18. The van der Waals surface area contributed by atoms with Gasteiger partial charge in [0.1, 0.15) is 0 Å². The highest BCUT2D eigenvalue weighted by molar-refractivity contribution is 6.30. The Morgan fingerprint density at radius 2 is 2.05 bits per heavy atom. The van der Waals surface area contributed by atoms with Crippen molar-refractivity contribution in [3.05, 3.63) is 28.8 Å². The van der Waals surface area contributed by atoms with Gasteiger partial charge in [0.25, 0.3) is 0 Å². The van der Waals surface area contributed by atoms with Crippen LogP contribution in [-0.2, 0) is 6.54 Å². The molecule has 0 heterocycles. The molecule has 0 spiro atoms. The third-order valence-electron chi connectivity index (χ3n) is 4.21. The zero-order valence-corrected chi connectivity index (χ0v) is 13.5. The van der Waals surface area contributed by atoms with Crippen LogP contribution in [0, 0.1) is 5.92 Å². The van der Waals surface area contributed by atoms with Gasteiger partial charge in [0.05, 0.1) is 0 Å². The maximum Gasteiger partial charge on any atom is 0.0426 e. The molecular formula is C17H27ClN2. The molecule has 1 aromatic carbocycles. The first kappa shape index (κ1) is 15.7. The number of hydrogen-bond acceptors (Lipinski definition) is 2. The lowest BCUT2D eigenvalue weighted by atomic mass is 10.1. The van der Waals surface area contributed by atoms with Gasteiger partial charge in [-0.25, -0.2) is 0 Å². The third-order valence-corrected chi connectivity index (χ3v) is 4.44. The maximum absolute atomic E-state index is 6.19. The van der Waals surface area contributed by atoms with Gasteiger partial charge in [-0.3, -0.25) is 0 Å². The number of nitrogens with zero attached hydrogens (tertiary/aromatic N) is 1. The summed E-state index contributed by atoms with van der Waals surface area (Å²) in [5, 5.41) is 4.32. The van der Waals surface area contributed by atoms with Gasteiger partial charge in [0.2, 0.25) is 0 Å². The van der Waals surface area contributed by atoms with Gasteiger partial charge in [0.15, 0.2) is 0 Å². The fourth-order valence-corrected chi connectivity index (χ4v) is 3.29. The zero-order valence-electron chi connectivity index (χ0n) is 12.8. The van der Waals surface area contributed by atoms with Crippen molar-refractivity contribution in [1.82, 2.24) is 5.32 Å². The molecule has 0 atom stereocenters. The molecule has 0 aromatic heterocycles. The van der Waals surface area contributed by atoms with Crippen molar-refractivity contribution >= 4 is 17.3 Å². The number of rotatable bonds is 7. The van der Waals surface area contributed by atoms with Crippen LogP contribution in [0.2, 0.25) is 5.02 Å². The number of nitrogens with one attached hydrogen (secondary N) is 1. The standard InChI is InChI=1S/C17H27ClN2/c1-3-10-19-12-15-8-9-16(18)11-17(15)20(2)13-14-6-4-5-7-14/h8-9,11,14,19H,3-7,10,12-13H2,1-2H3. The zero-order chi connectivity index (χ0) is 14.4. The van der Waals surface area contributed by atoms with E-state index in [1.54, 1.807) is 0 Å². The molecule has 1 fully saturated rings. The second-order valence-electron chi connectivity index (χ2n) is 5.98. The van der Waals surface area contributed by atoms with Gasteiger partial charge in [0, 0.05) is 30.8 Å². The van der Waals surface area contributed by atoms with Gasteiger partial charge in [-0.15, -0.1) is 0 Å². The summed E-state index contributed by atoms with van der Waals surface area (Å²) in [7, 11) is 2.20. The second kappa shape index (κ2) is 7.90. The van der Waals surface area contributed by atoms with Crippen molar-refractivity contribution in [2.75, 3.05) is 25.0 Å². The lowest BCUT2D eigenvalue weighted by Gasteiger charge is -2.26. The SMILES string of the molecule is CCCNCc1ccc(Cl)cc1N(C)CC1CCCC1. The van der Waals surface area contributed by atoms with Crippen molar-refractivity contribution in [3.63, 3.8) is 0 Å². The molecule has 20 heavy (non-hydrogen) atoms. The van der Waals surface area contributed by atoms with Gasteiger partial charge in [-0.1, -0.05) is 37.4 Å². The fourth-order valence-electron chi connectivity index (χ4n) is 3.12. The van der Waals surface area contributed by atoms with Crippen LogP contribution in [0.15, 0.2) is 18.2 Å². The fraction of sp³-hybridized carbons (Fsp3) is 0.647. The second-order valence-corrected chi connectivity index (χ2v) is 6.42. The molecule has 2 rings (SSSR count). The average Bonchev–Trinajstić information content (AvgIpc) is 2.93. The smallest absolute Gasteiger partial charge is 0.0426 e. The molecule has 0 unspecified atom stereocenters. The minimum Gasteiger partial charge on any atom is -0.374 e. The predicted octanol–water partition coefficient (Wildman–Crippen LogP) is 4.47. The first-order valence-corrected chi connectivity index (χ1v) is 8.28. The summed E-state index contributed by atoms with van der Waals surface area (Å²) in [4.78, 5) is 2.39. The first-order chi connectivity index (χ1) is 9.70. The molecule has 0 amide bonds. The van der Waals surface area contributed by atoms with Crippen LogP contribution in [0.5, 0.6) is 0 Å². The molecule has 1 saturated carbocycles. The molecule has 3 heteroatoms. The van der Waals surface area contributed by atoms with Crippen LogP contribution < -0.4 is 10.2 Å². The Bertz CT molecular complexity index is 413. The lowest BCUT2D eigenvalue weighted by molar-refractivity contribution is 0.545. The first-order valence-electron chi connectivity index (χ1n) is 7.91. The predicted molar refractivity (Wildman–Crippen MR) is 88.7 cm³/mol. The summed E-state index contributed by atoms with van der Waals surface area (Å²) in [6, 6.07) is 6.27. The molecule has 1 aliphatic carbocycles. The normalized spacial score (nSPS) is 15.8. The van der Waals surface area contributed by atoms with E-state index in [0.717, 1.165) is 30.6 Å². The maximum atomic E-state index is 6.19. The molecule has 0 saturated heterocycles. The van der Waals surface area contributed by atoms with E-state index in [4.69, 9.17) is 11.6 Å². The van der Waals surface area contributed by atoms with Crippen LogP contribution >= 0.6 is 11.6 Å². The number of benzene rings is 1. The van der Waals surface area contributed by atoms with Crippen LogP contribution in [0.3, 0.4) is 0 Å². The third kappa shape index (κ3) is 4.39. The van der Waals surface area contributed by atoms with Crippen molar-refractivity contribution in [2.45, 2.75) is 45.6 Å². The van der Waals surface area contributed by atoms with Gasteiger partial charge in [-0.05, 0) is 49.4 Å². The summed E-state index contributed by atoms with van der Waals surface area (Å²) in [6.45, 7) is 5.34. The van der Waals surface area contributed by atoms with E-state index in [1.165, 1.54) is 43.4 Å². The minimum atomic E-state index is 0.831. The molecule has 2 nitrogen and oxygen atoms in total. The van der Waals surface area contributed by atoms with Crippen LogP contribution in [0.1, 0.15) is 44.6 Å². The lowest BCUT2D eigenvalue weighted by Crippen LogP contribution is -2.26. The van der Waals surface area contributed by atoms with Crippen LogP contribution in [0.25, 0.3) is 0 Å². The average molecular weight is 295 g/mol. The Morgan fingerprint density at radius 1 is 1.30 bits per heavy atom. The Morgan fingerprint density at radius 3 is 2.75 bits per heavy atom. The van der Waals surface area contributed by atoms with Gasteiger partial charge >= 0.3 is 0 Å². The minimum absolute atomic E-state index is 0.831. The van der Waals surface area contributed by atoms with E-state index in [9.17, 15) is 0 Å². The van der Waals surface area contributed by atoms with Gasteiger partial charge in [-0.2, -0.15) is 0 Å². The van der Waals surface area contributed by atoms with E-state index in [2.05, 4.69) is 36.3 Å².